The first-order chi connectivity index (χ1) is 17.2. The predicted octanol–water partition coefficient (Wildman–Crippen LogP) is 5.05. The normalized spacial score (nSPS) is 33.3. The van der Waals surface area contributed by atoms with Gasteiger partial charge in [0.25, 0.3) is 0 Å². The number of quaternary nitrogens is 1. The molecule has 1 amide bonds. The van der Waals surface area contributed by atoms with E-state index in [9.17, 15) is 10.0 Å². The molecule has 3 aliphatic rings. The van der Waals surface area contributed by atoms with Gasteiger partial charge in [-0.05, 0) is 87.3 Å². The van der Waals surface area contributed by atoms with Gasteiger partial charge >= 0.3 is 0 Å². The smallest absolute Gasteiger partial charge is 0.231 e. The van der Waals surface area contributed by atoms with Gasteiger partial charge in [-0.25, -0.2) is 0 Å². The summed E-state index contributed by atoms with van der Waals surface area (Å²) in [7, 11) is 0. The molecule has 2 heterocycles. The Bertz CT molecular complexity index is 905. The molecular weight excluding hydrogens is 518 g/mol. The summed E-state index contributed by atoms with van der Waals surface area (Å²) in [4.78, 5) is 21.0. The SMILES string of the molecule is CCO/N=C(\c1ccc(Br)cc1)C1CCC(C2(C)CCN(C(=O)C3C(C)[NH+]([O-])CC[C@H]3C)CC2)CC1. The summed E-state index contributed by atoms with van der Waals surface area (Å²) in [6, 6.07) is 8.27. The highest BCUT2D eigenvalue weighted by Gasteiger charge is 2.44. The summed E-state index contributed by atoms with van der Waals surface area (Å²) >= 11 is 3.53. The van der Waals surface area contributed by atoms with Crippen LogP contribution in [-0.4, -0.2) is 48.8 Å². The molecule has 1 aromatic rings. The van der Waals surface area contributed by atoms with Crippen molar-refractivity contribution in [1.29, 1.82) is 0 Å². The van der Waals surface area contributed by atoms with Crippen LogP contribution in [0.5, 0.6) is 0 Å². The molecule has 1 aliphatic carbocycles. The predicted molar refractivity (Wildman–Crippen MR) is 148 cm³/mol. The molecule has 4 rings (SSSR count). The van der Waals surface area contributed by atoms with Gasteiger partial charge in [0.15, 0.2) is 0 Å². The van der Waals surface area contributed by atoms with Crippen LogP contribution >= 0.6 is 15.9 Å². The van der Waals surface area contributed by atoms with Crippen LogP contribution in [0.4, 0.5) is 0 Å². The molecule has 0 aromatic heterocycles. The summed E-state index contributed by atoms with van der Waals surface area (Å²) in [6.45, 7) is 11.4. The monoisotopic (exact) mass is 561 g/mol. The second kappa shape index (κ2) is 12.0. The van der Waals surface area contributed by atoms with Gasteiger partial charge in [0, 0.05) is 29.9 Å². The average molecular weight is 563 g/mol. The number of nitrogens with zero attached hydrogens (tertiary/aromatic N) is 2. The van der Waals surface area contributed by atoms with E-state index < -0.39 is 0 Å². The van der Waals surface area contributed by atoms with Crippen LogP contribution in [0.1, 0.15) is 78.2 Å². The largest absolute Gasteiger partial charge is 0.634 e. The number of benzene rings is 1. The van der Waals surface area contributed by atoms with Crippen molar-refractivity contribution in [2.75, 3.05) is 26.2 Å². The maximum atomic E-state index is 13.4. The summed E-state index contributed by atoms with van der Waals surface area (Å²) in [5.74, 6) is 1.49. The molecule has 2 aliphatic heterocycles. The molecule has 3 unspecified atom stereocenters. The fourth-order valence-electron chi connectivity index (χ4n) is 6.97. The topological polar surface area (TPSA) is 69.4 Å². The van der Waals surface area contributed by atoms with Crippen molar-refractivity contribution in [2.24, 2.45) is 34.2 Å². The van der Waals surface area contributed by atoms with Crippen molar-refractivity contribution >= 4 is 27.5 Å². The Morgan fingerprint density at radius 3 is 2.39 bits per heavy atom. The first-order valence-electron chi connectivity index (χ1n) is 14.0. The zero-order valence-corrected chi connectivity index (χ0v) is 24.1. The Morgan fingerprint density at radius 1 is 1.14 bits per heavy atom. The maximum absolute atomic E-state index is 13.4. The van der Waals surface area contributed by atoms with Gasteiger partial charge in [-0.1, -0.05) is 47.1 Å². The summed E-state index contributed by atoms with van der Waals surface area (Å²) in [6.07, 6.45) is 7.62. The molecule has 1 saturated carbocycles. The Hall–Kier alpha value is -1.44. The third-order valence-corrected chi connectivity index (χ3v) is 10.1. The van der Waals surface area contributed by atoms with Gasteiger partial charge in [0.05, 0.1) is 24.2 Å². The zero-order valence-electron chi connectivity index (χ0n) is 22.5. The first kappa shape index (κ1) is 27.6. The molecule has 1 N–H and O–H groups in total. The minimum absolute atomic E-state index is 0.132. The lowest BCUT2D eigenvalue weighted by Crippen LogP contribution is -3.13. The van der Waals surface area contributed by atoms with Crippen molar-refractivity contribution in [2.45, 2.75) is 78.7 Å². The highest BCUT2D eigenvalue weighted by atomic mass is 79.9. The summed E-state index contributed by atoms with van der Waals surface area (Å²) in [5.41, 5.74) is 2.51. The first-order valence-corrected chi connectivity index (χ1v) is 14.8. The lowest BCUT2D eigenvalue weighted by Gasteiger charge is -2.48. The molecular formula is C29H44BrN3O3. The van der Waals surface area contributed by atoms with Gasteiger partial charge in [-0.2, -0.15) is 0 Å². The minimum Gasteiger partial charge on any atom is -0.634 e. The van der Waals surface area contributed by atoms with Gasteiger partial charge in [0.1, 0.15) is 6.61 Å². The second-order valence-corrected chi connectivity index (χ2v) is 12.6. The lowest BCUT2D eigenvalue weighted by atomic mass is 9.63. The Balaban J connectivity index is 1.34. The summed E-state index contributed by atoms with van der Waals surface area (Å²) < 4.78 is 1.07. The molecule has 0 spiro atoms. The third-order valence-electron chi connectivity index (χ3n) is 9.54. The molecule has 6 nitrogen and oxygen atoms in total. The van der Waals surface area contributed by atoms with Crippen molar-refractivity contribution in [3.63, 3.8) is 0 Å². The number of piperidine rings is 2. The number of oxime groups is 1. The number of carbonyl (C=O) groups is 1. The molecule has 4 atom stereocenters. The minimum atomic E-state index is -0.136. The number of hydrogen-bond acceptors (Lipinski definition) is 4. The van der Waals surface area contributed by atoms with Crippen LogP contribution in [0.15, 0.2) is 33.9 Å². The Morgan fingerprint density at radius 2 is 1.78 bits per heavy atom. The van der Waals surface area contributed by atoms with Crippen LogP contribution < -0.4 is 5.06 Å². The molecule has 3 fully saturated rings. The summed E-state index contributed by atoms with van der Waals surface area (Å²) in [5, 5.41) is 17.1. The molecule has 1 aromatic carbocycles. The number of hydrogen-bond donors (Lipinski definition) is 1. The van der Waals surface area contributed by atoms with E-state index in [1.165, 1.54) is 12.8 Å². The van der Waals surface area contributed by atoms with Crippen LogP contribution in [0.3, 0.4) is 0 Å². The van der Waals surface area contributed by atoms with E-state index in [2.05, 4.69) is 64.1 Å². The van der Waals surface area contributed by atoms with Gasteiger partial charge in [0.2, 0.25) is 5.91 Å². The standard InChI is InChI=1S/C29H44BrN3O3/c1-5-36-31-27(23-8-12-25(30)13-9-23)22-6-10-24(11-7-22)29(4)15-18-32(19-16-29)28(34)26-20(2)14-17-33(35)21(26)3/h8-9,12-13,20-22,24,26,33H,5-7,10-11,14-19H2,1-4H3/b31-27-/t20-,21?,22?,24?,26?/m1/s1. The van der Waals surface area contributed by atoms with E-state index in [0.29, 0.717) is 30.9 Å². The fraction of sp³-hybridized carbons (Fsp3) is 0.724. The Kier molecular flexibility index (Phi) is 9.16. The number of amides is 1. The van der Waals surface area contributed by atoms with E-state index in [1.807, 2.05) is 13.8 Å². The van der Waals surface area contributed by atoms with Crippen LogP contribution in [0.2, 0.25) is 0 Å². The second-order valence-electron chi connectivity index (χ2n) is 11.7. The van der Waals surface area contributed by atoms with Gasteiger partial charge < -0.3 is 20.0 Å². The van der Waals surface area contributed by atoms with E-state index in [4.69, 9.17) is 4.84 Å². The quantitative estimate of drug-likeness (QED) is 0.300. The average Bonchev–Trinajstić information content (AvgIpc) is 2.88. The fourth-order valence-corrected chi connectivity index (χ4v) is 7.23. The van der Waals surface area contributed by atoms with E-state index in [-0.39, 0.29) is 28.3 Å². The van der Waals surface area contributed by atoms with E-state index in [1.54, 1.807) is 0 Å². The molecule has 36 heavy (non-hydrogen) atoms. The van der Waals surface area contributed by atoms with Crippen LogP contribution in [0, 0.1) is 34.3 Å². The highest BCUT2D eigenvalue weighted by molar-refractivity contribution is 9.10. The molecule has 200 valence electrons. The van der Waals surface area contributed by atoms with Crippen molar-refractivity contribution in [3.05, 3.63) is 39.5 Å². The van der Waals surface area contributed by atoms with Crippen molar-refractivity contribution < 1.29 is 14.7 Å². The van der Waals surface area contributed by atoms with E-state index >= 15 is 0 Å². The number of hydroxylamine groups is 2. The van der Waals surface area contributed by atoms with Crippen molar-refractivity contribution in [3.8, 4) is 0 Å². The number of halogens is 1. The molecule has 0 bridgehead atoms. The Labute approximate surface area is 225 Å². The van der Waals surface area contributed by atoms with Crippen LogP contribution in [-0.2, 0) is 9.63 Å². The highest BCUT2D eigenvalue weighted by Crippen LogP contribution is 2.47. The number of rotatable bonds is 6. The molecule has 2 saturated heterocycles. The lowest BCUT2D eigenvalue weighted by molar-refractivity contribution is -0.884. The van der Waals surface area contributed by atoms with Gasteiger partial charge in [-0.15, -0.1) is 0 Å². The number of nitrogens with one attached hydrogen (secondary N) is 1. The number of carbonyl (C=O) groups excluding carboxylic acids is 1. The third kappa shape index (κ3) is 5.99. The molecule has 0 radical (unpaired) electrons. The van der Waals surface area contributed by atoms with Crippen molar-refractivity contribution in [1.82, 2.24) is 4.90 Å². The maximum Gasteiger partial charge on any atom is 0.231 e. The van der Waals surface area contributed by atoms with Gasteiger partial charge in [-0.3, -0.25) is 4.79 Å². The van der Waals surface area contributed by atoms with E-state index in [0.717, 1.165) is 60.9 Å². The zero-order chi connectivity index (χ0) is 25.9. The van der Waals surface area contributed by atoms with Crippen LogP contribution in [0.25, 0.3) is 0 Å². The number of likely N-dealkylation sites (tertiary alicyclic amines) is 1. The molecule has 7 heteroatoms.